The fourth-order valence-corrected chi connectivity index (χ4v) is 2.98. The van der Waals surface area contributed by atoms with Crippen molar-refractivity contribution < 1.29 is 14.5 Å². The number of nitro groups is 1. The van der Waals surface area contributed by atoms with Crippen LogP contribution < -0.4 is 15.5 Å². The summed E-state index contributed by atoms with van der Waals surface area (Å²) in [6, 6.07) is 12.7. The summed E-state index contributed by atoms with van der Waals surface area (Å²) < 4.78 is 0. The predicted molar refractivity (Wildman–Crippen MR) is 103 cm³/mol. The van der Waals surface area contributed by atoms with Gasteiger partial charge >= 0.3 is 11.8 Å². The Kier molecular flexibility index (Phi) is 5.65. The lowest BCUT2D eigenvalue weighted by molar-refractivity contribution is -0.384. The van der Waals surface area contributed by atoms with E-state index in [1.165, 1.54) is 43.5 Å². The van der Waals surface area contributed by atoms with Crippen LogP contribution in [0.5, 0.6) is 0 Å². The quantitative estimate of drug-likeness (QED) is 0.490. The number of nitrogens with zero attached hydrogens (tertiary/aromatic N) is 2. The van der Waals surface area contributed by atoms with Crippen LogP contribution in [-0.2, 0) is 9.59 Å². The standard InChI is InChI=1S/C19H20N4O4/c24-18(19(25)21-15-5-4-6-17(13-15)23(26)27)20-14-7-9-16(10-8-14)22-11-2-1-3-12-22/h4-10,13H,1-3,11-12H2,(H,20,24)(H,21,25). The predicted octanol–water partition coefficient (Wildman–Crippen LogP) is 3.16. The average molecular weight is 368 g/mol. The molecule has 2 aromatic rings. The van der Waals surface area contributed by atoms with Gasteiger partial charge in [-0.15, -0.1) is 0 Å². The van der Waals surface area contributed by atoms with E-state index in [0.717, 1.165) is 18.8 Å². The molecule has 27 heavy (non-hydrogen) atoms. The molecular formula is C19H20N4O4. The van der Waals surface area contributed by atoms with E-state index < -0.39 is 16.7 Å². The van der Waals surface area contributed by atoms with Crippen LogP contribution >= 0.6 is 0 Å². The third-order valence-electron chi connectivity index (χ3n) is 4.37. The molecule has 0 atom stereocenters. The van der Waals surface area contributed by atoms with Gasteiger partial charge in [0.2, 0.25) is 0 Å². The zero-order valence-corrected chi connectivity index (χ0v) is 14.7. The molecule has 2 N–H and O–H groups in total. The van der Waals surface area contributed by atoms with Crippen molar-refractivity contribution in [2.45, 2.75) is 19.3 Å². The summed E-state index contributed by atoms with van der Waals surface area (Å²) in [6.45, 7) is 2.05. The van der Waals surface area contributed by atoms with Crippen LogP contribution in [0.3, 0.4) is 0 Å². The highest BCUT2D eigenvalue weighted by atomic mass is 16.6. The summed E-state index contributed by atoms with van der Waals surface area (Å²) in [4.78, 5) is 36.6. The molecule has 8 nitrogen and oxygen atoms in total. The maximum atomic E-state index is 12.1. The van der Waals surface area contributed by atoms with Crippen molar-refractivity contribution in [2.75, 3.05) is 28.6 Å². The molecule has 0 radical (unpaired) electrons. The Hall–Kier alpha value is -3.42. The van der Waals surface area contributed by atoms with Crippen LogP contribution in [0.2, 0.25) is 0 Å². The smallest absolute Gasteiger partial charge is 0.314 e. The SMILES string of the molecule is O=C(Nc1ccc(N2CCCCC2)cc1)C(=O)Nc1cccc([N+](=O)[O-])c1. The number of carbonyl (C=O) groups excluding carboxylic acids is 2. The largest absolute Gasteiger partial charge is 0.372 e. The molecule has 8 heteroatoms. The van der Waals surface area contributed by atoms with Crippen molar-refractivity contribution in [3.05, 3.63) is 58.6 Å². The molecular weight excluding hydrogens is 348 g/mol. The number of nitrogens with one attached hydrogen (secondary N) is 2. The van der Waals surface area contributed by atoms with Gasteiger partial charge in [0.25, 0.3) is 5.69 Å². The zero-order chi connectivity index (χ0) is 19.2. The van der Waals surface area contributed by atoms with Gasteiger partial charge in [-0.25, -0.2) is 0 Å². The molecule has 0 aromatic heterocycles. The second-order valence-corrected chi connectivity index (χ2v) is 6.31. The molecule has 1 aliphatic rings. The minimum absolute atomic E-state index is 0.165. The van der Waals surface area contributed by atoms with Crippen molar-refractivity contribution in [1.29, 1.82) is 0 Å². The van der Waals surface area contributed by atoms with Crippen molar-refractivity contribution >= 4 is 34.6 Å². The zero-order valence-electron chi connectivity index (χ0n) is 14.7. The first-order chi connectivity index (χ1) is 13.0. The van der Waals surface area contributed by atoms with Crippen LogP contribution in [0.25, 0.3) is 0 Å². The highest BCUT2D eigenvalue weighted by Gasteiger charge is 2.16. The van der Waals surface area contributed by atoms with E-state index in [-0.39, 0.29) is 11.4 Å². The number of carbonyl (C=O) groups is 2. The molecule has 140 valence electrons. The summed E-state index contributed by atoms with van der Waals surface area (Å²) >= 11 is 0. The normalized spacial score (nSPS) is 13.7. The van der Waals surface area contributed by atoms with Crippen LogP contribution in [0.1, 0.15) is 19.3 Å². The van der Waals surface area contributed by atoms with Crippen molar-refractivity contribution in [2.24, 2.45) is 0 Å². The van der Waals surface area contributed by atoms with Gasteiger partial charge in [0.1, 0.15) is 0 Å². The van der Waals surface area contributed by atoms with E-state index in [1.807, 2.05) is 12.1 Å². The Morgan fingerprint density at radius 3 is 2.15 bits per heavy atom. The summed E-state index contributed by atoms with van der Waals surface area (Å²) in [5.74, 6) is -1.73. The van der Waals surface area contributed by atoms with Crippen LogP contribution in [0.4, 0.5) is 22.7 Å². The van der Waals surface area contributed by atoms with Crippen LogP contribution in [-0.4, -0.2) is 29.8 Å². The van der Waals surface area contributed by atoms with Crippen LogP contribution in [0, 0.1) is 10.1 Å². The molecule has 1 fully saturated rings. The summed E-state index contributed by atoms with van der Waals surface area (Å²) in [6.07, 6.45) is 3.61. The van der Waals surface area contributed by atoms with E-state index >= 15 is 0 Å². The van der Waals surface area contributed by atoms with E-state index in [1.54, 1.807) is 12.1 Å². The highest BCUT2D eigenvalue weighted by Crippen LogP contribution is 2.22. The van der Waals surface area contributed by atoms with Crippen molar-refractivity contribution in [1.82, 2.24) is 0 Å². The van der Waals surface area contributed by atoms with Crippen molar-refractivity contribution in [3.8, 4) is 0 Å². The maximum absolute atomic E-state index is 12.1. The Labute approximate surface area is 156 Å². The molecule has 1 heterocycles. The van der Waals surface area contributed by atoms with E-state index in [2.05, 4.69) is 15.5 Å². The lowest BCUT2D eigenvalue weighted by Crippen LogP contribution is -2.30. The first kappa shape index (κ1) is 18.4. The molecule has 0 saturated carbocycles. The van der Waals surface area contributed by atoms with Gasteiger partial charge in [-0.3, -0.25) is 19.7 Å². The third-order valence-corrected chi connectivity index (χ3v) is 4.37. The minimum Gasteiger partial charge on any atom is -0.372 e. The van der Waals surface area contributed by atoms with Gasteiger partial charge in [0, 0.05) is 42.3 Å². The summed E-state index contributed by atoms with van der Waals surface area (Å²) in [5.41, 5.74) is 1.62. The molecule has 3 rings (SSSR count). The number of nitro benzene ring substituents is 1. The topological polar surface area (TPSA) is 105 Å². The average Bonchev–Trinajstić information content (AvgIpc) is 2.69. The van der Waals surface area contributed by atoms with Gasteiger partial charge in [-0.05, 0) is 49.6 Å². The van der Waals surface area contributed by atoms with Crippen molar-refractivity contribution in [3.63, 3.8) is 0 Å². The van der Waals surface area contributed by atoms with Gasteiger partial charge in [-0.2, -0.15) is 0 Å². The second-order valence-electron chi connectivity index (χ2n) is 6.31. The second kappa shape index (κ2) is 8.31. The molecule has 0 unspecified atom stereocenters. The molecule has 2 aromatic carbocycles. The van der Waals surface area contributed by atoms with Gasteiger partial charge in [0.05, 0.1) is 4.92 Å². The summed E-state index contributed by atoms with van der Waals surface area (Å²) in [7, 11) is 0. The third kappa shape index (κ3) is 4.81. The number of non-ortho nitro benzene ring substituents is 1. The van der Waals surface area contributed by atoms with E-state index in [0.29, 0.717) is 5.69 Å². The number of hydrogen-bond acceptors (Lipinski definition) is 5. The fourth-order valence-electron chi connectivity index (χ4n) is 2.98. The first-order valence-electron chi connectivity index (χ1n) is 8.75. The number of rotatable bonds is 4. The monoisotopic (exact) mass is 368 g/mol. The van der Waals surface area contributed by atoms with E-state index in [9.17, 15) is 19.7 Å². The molecule has 1 aliphatic heterocycles. The number of anilines is 3. The number of piperidine rings is 1. The van der Waals surface area contributed by atoms with Gasteiger partial charge in [0.15, 0.2) is 0 Å². The Bertz CT molecular complexity index is 845. The maximum Gasteiger partial charge on any atom is 0.314 e. The Balaban J connectivity index is 1.58. The Morgan fingerprint density at radius 1 is 0.889 bits per heavy atom. The lowest BCUT2D eigenvalue weighted by Gasteiger charge is -2.28. The fraction of sp³-hybridized carbons (Fsp3) is 0.263. The van der Waals surface area contributed by atoms with Gasteiger partial charge in [-0.1, -0.05) is 6.07 Å². The molecule has 0 aliphatic carbocycles. The van der Waals surface area contributed by atoms with Crippen LogP contribution in [0.15, 0.2) is 48.5 Å². The minimum atomic E-state index is -0.893. The highest BCUT2D eigenvalue weighted by molar-refractivity contribution is 6.43. The number of hydrogen-bond donors (Lipinski definition) is 2. The Morgan fingerprint density at radius 2 is 1.52 bits per heavy atom. The molecule has 0 bridgehead atoms. The summed E-state index contributed by atoms with van der Waals surface area (Å²) in [5, 5.41) is 15.6. The lowest BCUT2D eigenvalue weighted by atomic mass is 10.1. The number of benzene rings is 2. The molecule has 0 spiro atoms. The van der Waals surface area contributed by atoms with Gasteiger partial charge < -0.3 is 15.5 Å². The number of amides is 2. The first-order valence-corrected chi connectivity index (χ1v) is 8.75. The molecule has 2 amide bonds. The van der Waals surface area contributed by atoms with E-state index in [4.69, 9.17) is 0 Å². The molecule has 1 saturated heterocycles.